The van der Waals surface area contributed by atoms with E-state index in [0.29, 0.717) is 12.2 Å². The molecule has 1 heterocycles. The van der Waals surface area contributed by atoms with Gasteiger partial charge in [0, 0.05) is 17.2 Å². The molecule has 1 aliphatic carbocycles. The summed E-state index contributed by atoms with van der Waals surface area (Å²) >= 11 is 0. The first-order valence-corrected chi connectivity index (χ1v) is 5.98. The summed E-state index contributed by atoms with van der Waals surface area (Å²) in [6.07, 6.45) is 0.259. The fraction of sp³-hybridized carbons (Fsp3) is 0.538. The van der Waals surface area contributed by atoms with Gasteiger partial charge in [-0.1, -0.05) is 13.8 Å². The number of aliphatic hydroxyl groups excluding tert-OH is 1. The molecule has 1 saturated carbocycles. The van der Waals surface area contributed by atoms with Gasteiger partial charge in [-0.25, -0.2) is 9.78 Å². The maximum absolute atomic E-state index is 11.1. The minimum atomic E-state index is -0.998. The van der Waals surface area contributed by atoms with Crippen molar-refractivity contribution in [3.63, 3.8) is 0 Å². The summed E-state index contributed by atoms with van der Waals surface area (Å²) in [6.45, 7) is 5.72. The van der Waals surface area contributed by atoms with Crippen molar-refractivity contribution in [3.05, 3.63) is 23.4 Å². The molecule has 0 spiro atoms. The molecule has 0 aliphatic heterocycles. The molecule has 0 saturated heterocycles. The quantitative estimate of drug-likeness (QED) is 0.760. The van der Waals surface area contributed by atoms with Crippen LogP contribution in [0, 0.1) is 12.3 Å². The zero-order chi connectivity index (χ0) is 13.5. The number of hydrogen-bond acceptors (Lipinski definition) is 4. The monoisotopic (exact) mass is 250 g/mol. The molecule has 3 N–H and O–H groups in total. The summed E-state index contributed by atoms with van der Waals surface area (Å²) < 4.78 is 0. The van der Waals surface area contributed by atoms with Crippen LogP contribution in [0.1, 0.15) is 36.3 Å². The van der Waals surface area contributed by atoms with E-state index in [1.165, 1.54) is 0 Å². The molecule has 2 rings (SSSR count). The highest BCUT2D eigenvalue weighted by atomic mass is 16.4. The third-order valence-electron chi connectivity index (χ3n) is 3.79. The lowest BCUT2D eigenvalue weighted by molar-refractivity contribution is -0.0511. The number of aliphatic hydroxyl groups is 1. The SMILES string of the molecule is Cc1ccc(C(=O)O)c(NC2CC(O)C2(C)C)n1. The van der Waals surface area contributed by atoms with Gasteiger partial charge in [0.25, 0.3) is 0 Å². The van der Waals surface area contributed by atoms with E-state index in [1.54, 1.807) is 12.1 Å². The standard InChI is InChI=1S/C13H18N2O3/c1-7-4-5-8(12(17)18)11(14-7)15-9-6-10(16)13(9,2)3/h4-5,9-10,16H,6H2,1-3H3,(H,14,15)(H,17,18). The lowest BCUT2D eigenvalue weighted by Gasteiger charge is -2.49. The number of carboxylic acids is 1. The molecule has 1 aromatic rings. The number of aromatic nitrogens is 1. The topological polar surface area (TPSA) is 82.5 Å². The molecule has 5 heteroatoms. The van der Waals surface area contributed by atoms with Gasteiger partial charge in [0.1, 0.15) is 11.4 Å². The van der Waals surface area contributed by atoms with E-state index in [1.807, 2.05) is 20.8 Å². The van der Waals surface area contributed by atoms with Gasteiger partial charge in [0.15, 0.2) is 0 Å². The molecule has 0 aromatic carbocycles. The summed E-state index contributed by atoms with van der Waals surface area (Å²) in [7, 11) is 0. The molecule has 2 atom stereocenters. The van der Waals surface area contributed by atoms with Crippen LogP contribution in [-0.4, -0.2) is 33.3 Å². The number of hydrogen-bond donors (Lipinski definition) is 3. The van der Waals surface area contributed by atoms with Crippen molar-refractivity contribution in [1.29, 1.82) is 0 Å². The van der Waals surface area contributed by atoms with E-state index in [2.05, 4.69) is 10.3 Å². The minimum absolute atomic E-state index is 0.0416. The first kappa shape index (κ1) is 12.8. The van der Waals surface area contributed by atoms with Crippen molar-refractivity contribution in [2.24, 2.45) is 5.41 Å². The third-order valence-corrected chi connectivity index (χ3v) is 3.79. The van der Waals surface area contributed by atoms with E-state index in [0.717, 1.165) is 5.69 Å². The second-order valence-corrected chi connectivity index (χ2v) is 5.42. The van der Waals surface area contributed by atoms with Crippen molar-refractivity contribution in [2.45, 2.75) is 39.3 Å². The van der Waals surface area contributed by atoms with Crippen LogP contribution in [0.3, 0.4) is 0 Å². The lowest BCUT2D eigenvalue weighted by Crippen LogP contribution is -2.57. The van der Waals surface area contributed by atoms with Crippen LogP contribution in [0.2, 0.25) is 0 Å². The fourth-order valence-electron chi connectivity index (χ4n) is 2.15. The van der Waals surface area contributed by atoms with Crippen LogP contribution in [-0.2, 0) is 0 Å². The Morgan fingerprint density at radius 3 is 2.67 bits per heavy atom. The Morgan fingerprint density at radius 1 is 1.50 bits per heavy atom. The molecule has 0 radical (unpaired) electrons. The lowest BCUT2D eigenvalue weighted by atomic mass is 9.64. The van der Waals surface area contributed by atoms with Crippen LogP contribution in [0.4, 0.5) is 5.82 Å². The number of nitrogens with one attached hydrogen (secondary N) is 1. The highest BCUT2D eigenvalue weighted by molar-refractivity contribution is 5.93. The van der Waals surface area contributed by atoms with Gasteiger partial charge < -0.3 is 15.5 Å². The second kappa shape index (κ2) is 4.24. The molecular weight excluding hydrogens is 232 g/mol. The van der Waals surface area contributed by atoms with E-state index in [-0.39, 0.29) is 23.1 Å². The molecule has 18 heavy (non-hydrogen) atoms. The van der Waals surface area contributed by atoms with Crippen LogP contribution < -0.4 is 5.32 Å². The summed E-state index contributed by atoms with van der Waals surface area (Å²) in [5.41, 5.74) is 0.666. The van der Waals surface area contributed by atoms with Crippen LogP contribution >= 0.6 is 0 Å². The summed E-state index contributed by atoms with van der Waals surface area (Å²) in [5, 5.41) is 21.9. The van der Waals surface area contributed by atoms with Crippen LogP contribution in [0.15, 0.2) is 12.1 Å². The largest absolute Gasteiger partial charge is 0.478 e. The number of anilines is 1. The van der Waals surface area contributed by atoms with Gasteiger partial charge in [0.05, 0.1) is 6.10 Å². The molecule has 0 amide bonds. The Kier molecular flexibility index (Phi) is 3.02. The third kappa shape index (κ3) is 2.06. The first-order valence-electron chi connectivity index (χ1n) is 5.98. The number of rotatable bonds is 3. The Morgan fingerprint density at radius 2 is 2.17 bits per heavy atom. The molecular formula is C13H18N2O3. The Labute approximate surface area is 106 Å². The smallest absolute Gasteiger partial charge is 0.339 e. The molecule has 5 nitrogen and oxygen atoms in total. The molecule has 0 bridgehead atoms. The van der Waals surface area contributed by atoms with Crippen molar-refractivity contribution < 1.29 is 15.0 Å². The predicted octanol–water partition coefficient (Wildman–Crippen LogP) is 1.66. The molecule has 2 unspecified atom stereocenters. The van der Waals surface area contributed by atoms with Crippen molar-refractivity contribution >= 4 is 11.8 Å². The number of carbonyl (C=O) groups is 1. The van der Waals surface area contributed by atoms with E-state index in [4.69, 9.17) is 5.11 Å². The molecule has 1 aliphatic rings. The van der Waals surface area contributed by atoms with E-state index in [9.17, 15) is 9.90 Å². The van der Waals surface area contributed by atoms with Crippen molar-refractivity contribution in [3.8, 4) is 0 Å². The van der Waals surface area contributed by atoms with Gasteiger partial charge in [-0.05, 0) is 25.5 Å². The van der Waals surface area contributed by atoms with Gasteiger partial charge in [-0.3, -0.25) is 0 Å². The van der Waals surface area contributed by atoms with Gasteiger partial charge >= 0.3 is 5.97 Å². The maximum Gasteiger partial charge on any atom is 0.339 e. The average molecular weight is 250 g/mol. The molecule has 1 aromatic heterocycles. The number of carboxylic acid groups (broad SMARTS) is 1. The van der Waals surface area contributed by atoms with Crippen LogP contribution in [0.5, 0.6) is 0 Å². The summed E-state index contributed by atoms with van der Waals surface area (Å²) in [5.74, 6) is -0.616. The zero-order valence-electron chi connectivity index (χ0n) is 10.8. The van der Waals surface area contributed by atoms with Crippen molar-refractivity contribution in [1.82, 2.24) is 4.98 Å². The number of aromatic carboxylic acids is 1. The normalized spacial score (nSPS) is 25.3. The Balaban J connectivity index is 2.24. The van der Waals surface area contributed by atoms with Gasteiger partial charge in [0.2, 0.25) is 0 Å². The van der Waals surface area contributed by atoms with Gasteiger partial charge in [-0.15, -0.1) is 0 Å². The van der Waals surface area contributed by atoms with Crippen LogP contribution in [0.25, 0.3) is 0 Å². The number of pyridine rings is 1. The minimum Gasteiger partial charge on any atom is -0.478 e. The van der Waals surface area contributed by atoms with Crippen molar-refractivity contribution in [2.75, 3.05) is 5.32 Å². The Bertz CT molecular complexity index is 485. The van der Waals surface area contributed by atoms with Gasteiger partial charge in [-0.2, -0.15) is 0 Å². The summed E-state index contributed by atoms with van der Waals surface area (Å²) in [4.78, 5) is 15.4. The Hall–Kier alpha value is -1.62. The highest BCUT2D eigenvalue weighted by Crippen LogP contribution is 2.42. The zero-order valence-corrected chi connectivity index (χ0v) is 10.8. The van der Waals surface area contributed by atoms with E-state index >= 15 is 0 Å². The summed E-state index contributed by atoms with van der Waals surface area (Å²) in [6, 6.07) is 3.27. The second-order valence-electron chi connectivity index (χ2n) is 5.42. The maximum atomic E-state index is 11.1. The predicted molar refractivity (Wildman–Crippen MR) is 67.7 cm³/mol. The fourth-order valence-corrected chi connectivity index (χ4v) is 2.15. The average Bonchev–Trinajstić information content (AvgIpc) is 2.28. The highest BCUT2D eigenvalue weighted by Gasteiger charge is 2.47. The molecule has 98 valence electrons. The molecule has 1 fully saturated rings. The number of aryl methyl sites for hydroxylation is 1. The number of nitrogens with zero attached hydrogens (tertiary/aromatic N) is 1. The first-order chi connectivity index (χ1) is 8.32. The van der Waals surface area contributed by atoms with E-state index < -0.39 is 5.97 Å².